The highest BCUT2D eigenvalue weighted by molar-refractivity contribution is 6.30. The van der Waals surface area contributed by atoms with Crippen LogP contribution in [0.1, 0.15) is 36.3 Å². The normalized spacial score (nSPS) is 11.2. The number of esters is 1. The van der Waals surface area contributed by atoms with Crippen molar-refractivity contribution in [1.29, 1.82) is 0 Å². The molecule has 0 bridgehead atoms. The number of benzene rings is 1. The van der Waals surface area contributed by atoms with Crippen molar-refractivity contribution in [3.63, 3.8) is 0 Å². The number of aryl methyl sites for hydroxylation is 1. The molecule has 0 saturated heterocycles. The highest BCUT2D eigenvalue weighted by atomic mass is 35.5. The average Bonchev–Trinajstić information content (AvgIpc) is 2.66. The van der Waals surface area contributed by atoms with Crippen LogP contribution in [0.25, 0.3) is 0 Å². The minimum Gasteiger partial charge on any atom is -0.465 e. The van der Waals surface area contributed by atoms with E-state index in [0.29, 0.717) is 24.5 Å². The summed E-state index contributed by atoms with van der Waals surface area (Å²) in [6.45, 7) is 6.82. The molecule has 10 heteroatoms. The Morgan fingerprint density at radius 3 is 2.47 bits per heavy atom. The summed E-state index contributed by atoms with van der Waals surface area (Å²) >= 11 is 5.80. The predicted molar refractivity (Wildman–Crippen MR) is 107 cm³/mol. The van der Waals surface area contributed by atoms with Crippen LogP contribution in [0, 0.1) is 6.92 Å². The molecule has 0 aliphatic carbocycles. The van der Waals surface area contributed by atoms with Crippen LogP contribution in [0.5, 0.6) is 17.4 Å². The van der Waals surface area contributed by atoms with Crippen LogP contribution in [-0.2, 0) is 4.74 Å². The van der Waals surface area contributed by atoms with E-state index >= 15 is 0 Å². The summed E-state index contributed by atoms with van der Waals surface area (Å²) in [6.07, 6.45) is -4.15. The van der Waals surface area contributed by atoms with Crippen molar-refractivity contribution in [3.8, 4) is 17.4 Å². The number of hydrogen-bond acceptors (Lipinski definition) is 6. The lowest BCUT2D eigenvalue weighted by atomic mass is 10.1. The Morgan fingerprint density at radius 1 is 1.20 bits per heavy atom. The van der Waals surface area contributed by atoms with E-state index in [4.69, 9.17) is 21.1 Å². The van der Waals surface area contributed by atoms with E-state index in [2.05, 4.69) is 9.72 Å². The van der Waals surface area contributed by atoms with Crippen molar-refractivity contribution >= 4 is 23.3 Å². The number of methoxy groups -OCH3 is 1. The molecule has 0 atom stereocenters. The van der Waals surface area contributed by atoms with E-state index in [-0.39, 0.29) is 22.2 Å². The monoisotopic (exact) mass is 446 g/mol. The predicted octanol–water partition coefficient (Wildman–Crippen LogP) is 5.76. The van der Waals surface area contributed by atoms with Gasteiger partial charge in [0.2, 0.25) is 5.88 Å². The molecule has 6 nitrogen and oxygen atoms in total. The highest BCUT2D eigenvalue weighted by Gasteiger charge is 2.33. The zero-order valence-corrected chi connectivity index (χ0v) is 17.7. The molecule has 0 unspecified atom stereocenters. The highest BCUT2D eigenvalue weighted by Crippen LogP contribution is 2.39. The fraction of sp³-hybridized carbons (Fsp3) is 0.400. The van der Waals surface area contributed by atoms with Gasteiger partial charge in [-0.3, -0.25) is 0 Å². The Morgan fingerprint density at radius 2 is 1.90 bits per heavy atom. The number of nitrogens with zero attached hydrogens (tertiary/aromatic N) is 2. The molecule has 0 spiro atoms. The summed E-state index contributed by atoms with van der Waals surface area (Å²) in [5.74, 6) is -1.88. The summed E-state index contributed by atoms with van der Waals surface area (Å²) in [5, 5.41) is 0.0211. The second-order valence-corrected chi connectivity index (χ2v) is 6.71. The maximum absolute atomic E-state index is 12.8. The minimum atomic E-state index is -4.96. The number of anilines is 1. The van der Waals surface area contributed by atoms with E-state index in [1.165, 1.54) is 19.2 Å². The van der Waals surface area contributed by atoms with E-state index in [9.17, 15) is 18.0 Å². The van der Waals surface area contributed by atoms with E-state index < -0.39 is 18.1 Å². The molecule has 2 aromatic rings. The standard InChI is InChI=1S/C20H22ClF3N2O4/c1-5-9-26(6-2)14-10-12(3)25-18(17(14)19(27)28-4)29-15-8-7-13(21)11-16(15)30-20(22,23)24/h7-8,10-11H,5-6,9H2,1-4H3. The summed E-state index contributed by atoms with van der Waals surface area (Å²) < 4.78 is 52.9. The number of carbonyl (C=O) groups excluding carboxylic acids is 1. The van der Waals surface area contributed by atoms with Gasteiger partial charge in [0.15, 0.2) is 11.5 Å². The van der Waals surface area contributed by atoms with E-state index in [1.54, 1.807) is 13.0 Å². The lowest BCUT2D eigenvalue weighted by Crippen LogP contribution is -2.26. The second-order valence-electron chi connectivity index (χ2n) is 6.28. The number of ether oxygens (including phenoxy) is 3. The third-order valence-corrected chi connectivity index (χ3v) is 4.27. The van der Waals surface area contributed by atoms with E-state index in [1.807, 2.05) is 18.7 Å². The number of pyridine rings is 1. The maximum atomic E-state index is 12.8. The zero-order valence-electron chi connectivity index (χ0n) is 17.0. The molecule has 0 aliphatic heterocycles. The largest absolute Gasteiger partial charge is 0.573 e. The maximum Gasteiger partial charge on any atom is 0.573 e. The molecule has 0 aliphatic rings. The summed E-state index contributed by atoms with van der Waals surface area (Å²) in [4.78, 5) is 18.7. The van der Waals surface area contributed by atoms with Gasteiger partial charge in [-0.2, -0.15) is 0 Å². The summed E-state index contributed by atoms with van der Waals surface area (Å²) in [6, 6.07) is 5.21. The van der Waals surface area contributed by atoms with Gasteiger partial charge in [0, 0.05) is 29.9 Å². The molecule has 0 amide bonds. The van der Waals surface area contributed by atoms with Crippen LogP contribution >= 0.6 is 11.6 Å². The van der Waals surface area contributed by atoms with E-state index in [0.717, 1.165) is 12.5 Å². The van der Waals surface area contributed by atoms with Gasteiger partial charge in [-0.1, -0.05) is 18.5 Å². The van der Waals surface area contributed by atoms with Gasteiger partial charge in [0.05, 0.1) is 12.8 Å². The van der Waals surface area contributed by atoms with Crippen molar-refractivity contribution in [1.82, 2.24) is 4.98 Å². The second kappa shape index (κ2) is 9.88. The van der Waals surface area contributed by atoms with Crippen LogP contribution < -0.4 is 14.4 Å². The Labute approximate surface area is 177 Å². The smallest absolute Gasteiger partial charge is 0.465 e. The van der Waals surface area contributed by atoms with Crippen molar-refractivity contribution in [2.45, 2.75) is 33.6 Å². The summed E-state index contributed by atoms with van der Waals surface area (Å²) in [7, 11) is 1.20. The molecule has 0 fully saturated rings. The first-order valence-electron chi connectivity index (χ1n) is 9.17. The van der Waals surface area contributed by atoms with Gasteiger partial charge in [-0.05, 0) is 38.5 Å². The van der Waals surface area contributed by atoms with Gasteiger partial charge in [0.25, 0.3) is 0 Å². The Hall–Kier alpha value is -2.68. The first-order valence-corrected chi connectivity index (χ1v) is 9.55. The molecule has 0 N–H and O–H groups in total. The fourth-order valence-electron chi connectivity index (χ4n) is 2.84. The molecule has 1 aromatic heterocycles. The van der Waals surface area contributed by atoms with Gasteiger partial charge < -0.3 is 19.1 Å². The molecule has 2 rings (SSSR count). The van der Waals surface area contributed by atoms with Crippen molar-refractivity contribution in [2.75, 3.05) is 25.1 Å². The first kappa shape index (κ1) is 23.6. The van der Waals surface area contributed by atoms with Crippen molar-refractivity contribution in [3.05, 3.63) is 40.5 Å². The number of alkyl halides is 3. The van der Waals surface area contributed by atoms with Crippen LogP contribution in [0.4, 0.5) is 18.9 Å². The number of halogens is 4. The first-order chi connectivity index (χ1) is 14.1. The average molecular weight is 447 g/mol. The van der Waals surface area contributed by atoms with Gasteiger partial charge in [-0.15, -0.1) is 13.2 Å². The molecule has 1 heterocycles. The SMILES string of the molecule is CCCN(CC)c1cc(C)nc(Oc2ccc(Cl)cc2OC(F)(F)F)c1C(=O)OC. The number of aromatic nitrogens is 1. The molecule has 164 valence electrons. The molecule has 1 aromatic carbocycles. The van der Waals surface area contributed by atoms with Crippen LogP contribution in [0.15, 0.2) is 24.3 Å². The molecular formula is C20H22ClF3N2O4. The fourth-order valence-corrected chi connectivity index (χ4v) is 3.00. The van der Waals surface area contributed by atoms with Crippen molar-refractivity contribution in [2.24, 2.45) is 0 Å². The lowest BCUT2D eigenvalue weighted by Gasteiger charge is -2.26. The number of hydrogen-bond donors (Lipinski definition) is 0. The molecule has 0 saturated carbocycles. The summed E-state index contributed by atoms with van der Waals surface area (Å²) in [5.41, 5.74) is 1.03. The molecule has 30 heavy (non-hydrogen) atoms. The van der Waals surface area contributed by atoms with Gasteiger partial charge in [0.1, 0.15) is 5.56 Å². The third kappa shape index (κ3) is 5.91. The Bertz CT molecular complexity index is 906. The number of carbonyl (C=O) groups is 1. The quantitative estimate of drug-likeness (QED) is 0.481. The van der Waals surface area contributed by atoms with Crippen LogP contribution in [0.2, 0.25) is 5.02 Å². The zero-order chi connectivity index (χ0) is 22.5. The van der Waals surface area contributed by atoms with Crippen LogP contribution in [-0.4, -0.2) is 37.5 Å². The number of rotatable bonds is 8. The van der Waals surface area contributed by atoms with Gasteiger partial charge in [-0.25, -0.2) is 9.78 Å². The topological polar surface area (TPSA) is 60.9 Å². The Kier molecular flexibility index (Phi) is 7.77. The third-order valence-electron chi connectivity index (χ3n) is 4.04. The van der Waals surface area contributed by atoms with Gasteiger partial charge >= 0.3 is 12.3 Å². The molecule has 0 radical (unpaired) electrons. The van der Waals surface area contributed by atoms with Crippen LogP contribution in [0.3, 0.4) is 0 Å². The lowest BCUT2D eigenvalue weighted by molar-refractivity contribution is -0.275. The molecular weight excluding hydrogens is 425 g/mol. The Balaban J connectivity index is 2.62. The van der Waals surface area contributed by atoms with Crippen molar-refractivity contribution < 1.29 is 32.2 Å². The minimum absolute atomic E-state index is 0.00584.